The molecule has 0 saturated carbocycles. The third-order valence-corrected chi connectivity index (χ3v) is 4.77. The molecule has 2 aromatic carbocycles. The molecular weight excluding hydrogens is 396 g/mol. The molecule has 31 heavy (non-hydrogen) atoms. The van der Waals surface area contributed by atoms with E-state index >= 15 is 0 Å². The second kappa shape index (κ2) is 10.1. The summed E-state index contributed by atoms with van der Waals surface area (Å²) < 4.78 is 16.0. The molecule has 0 atom stereocenters. The maximum atomic E-state index is 13.1. The molecule has 2 aromatic rings. The summed E-state index contributed by atoms with van der Waals surface area (Å²) in [5.41, 5.74) is 1.89. The molecule has 0 fully saturated rings. The van der Waals surface area contributed by atoms with Crippen molar-refractivity contribution in [2.75, 3.05) is 39.3 Å². The van der Waals surface area contributed by atoms with Gasteiger partial charge in [0.15, 0.2) is 0 Å². The summed E-state index contributed by atoms with van der Waals surface area (Å²) in [4.78, 5) is 27.4. The Balaban J connectivity index is 1.93. The van der Waals surface area contributed by atoms with Gasteiger partial charge in [0, 0.05) is 12.8 Å². The average Bonchev–Trinajstić information content (AvgIpc) is 3.00. The van der Waals surface area contributed by atoms with E-state index in [-0.39, 0.29) is 30.7 Å². The zero-order valence-electron chi connectivity index (χ0n) is 18.3. The van der Waals surface area contributed by atoms with E-state index in [2.05, 4.69) is 19.2 Å². The summed E-state index contributed by atoms with van der Waals surface area (Å²) in [6.45, 7) is 5.21. The molecule has 1 heterocycles. The number of hydrogen-bond acceptors (Lipinski definition) is 6. The first-order valence-corrected chi connectivity index (χ1v) is 10.2. The van der Waals surface area contributed by atoms with Crippen molar-refractivity contribution >= 4 is 23.1 Å². The Kier molecular flexibility index (Phi) is 7.31. The Morgan fingerprint density at radius 2 is 1.55 bits per heavy atom. The van der Waals surface area contributed by atoms with E-state index < -0.39 is 0 Å². The first kappa shape index (κ1) is 22.4. The molecular formula is C24H28N2O5. The minimum atomic E-state index is -0.381. The molecule has 1 aliphatic heterocycles. The molecule has 0 aliphatic carbocycles. The number of imide groups is 1. The molecule has 7 nitrogen and oxygen atoms in total. The van der Waals surface area contributed by atoms with Gasteiger partial charge in [-0.2, -0.15) is 0 Å². The fourth-order valence-corrected chi connectivity index (χ4v) is 3.14. The van der Waals surface area contributed by atoms with Crippen LogP contribution in [-0.4, -0.2) is 50.7 Å². The van der Waals surface area contributed by atoms with Gasteiger partial charge in [-0.1, -0.05) is 26.0 Å². The third-order valence-electron chi connectivity index (χ3n) is 4.77. The number of carbonyl (C=O) groups is 2. The predicted molar refractivity (Wildman–Crippen MR) is 119 cm³/mol. The molecule has 164 valence electrons. The number of anilines is 1. The zero-order chi connectivity index (χ0) is 22.4. The molecule has 1 N–H and O–H groups in total. The van der Waals surface area contributed by atoms with Gasteiger partial charge >= 0.3 is 0 Å². The summed E-state index contributed by atoms with van der Waals surface area (Å²) in [5, 5.41) is 3.12. The van der Waals surface area contributed by atoms with Crippen molar-refractivity contribution < 1.29 is 23.8 Å². The molecule has 0 radical (unpaired) electrons. The van der Waals surface area contributed by atoms with Gasteiger partial charge in [0.05, 0.1) is 32.4 Å². The first-order valence-electron chi connectivity index (χ1n) is 10.2. The second-order valence-corrected chi connectivity index (χ2v) is 7.59. The molecule has 3 rings (SSSR count). The lowest BCUT2D eigenvalue weighted by molar-refractivity contribution is -0.137. The highest BCUT2D eigenvalue weighted by Gasteiger charge is 2.39. The summed E-state index contributed by atoms with van der Waals surface area (Å²) in [5.74, 6) is 1.09. The molecule has 1 aliphatic rings. The lowest BCUT2D eigenvalue weighted by Crippen LogP contribution is -2.35. The monoisotopic (exact) mass is 424 g/mol. The van der Waals surface area contributed by atoms with Crippen molar-refractivity contribution in [3.05, 3.63) is 59.8 Å². The largest absolute Gasteiger partial charge is 0.497 e. The van der Waals surface area contributed by atoms with Gasteiger partial charge in [-0.15, -0.1) is 0 Å². The first-order chi connectivity index (χ1) is 14.9. The average molecular weight is 424 g/mol. The fraction of sp³-hybridized carbons (Fsp3) is 0.333. The van der Waals surface area contributed by atoms with Gasteiger partial charge < -0.3 is 19.5 Å². The number of rotatable bonds is 10. The highest BCUT2D eigenvalue weighted by atomic mass is 16.5. The number of nitrogens with one attached hydrogen (secondary N) is 1. The molecule has 0 spiro atoms. The van der Waals surface area contributed by atoms with Gasteiger partial charge in [0.1, 0.15) is 17.2 Å². The van der Waals surface area contributed by atoms with Crippen molar-refractivity contribution in [1.82, 2.24) is 4.90 Å². The normalized spacial score (nSPS) is 13.9. The van der Waals surface area contributed by atoms with Crippen molar-refractivity contribution in [1.29, 1.82) is 0 Å². The van der Waals surface area contributed by atoms with Crippen LogP contribution in [0.3, 0.4) is 0 Å². The maximum absolute atomic E-state index is 13.1. The van der Waals surface area contributed by atoms with Crippen LogP contribution in [0.1, 0.15) is 19.4 Å². The number of hydrogen-bond donors (Lipinski definition) is 1. The van der Waals surface area contributed by atoms with Gasteiger partial charge in [-0.3, -0.25) is 14.5 Å². The van der Waals surface area contributed by atoms with Crippen LogP contribution in [-0.2, 0) is 14.3 Å². The Hall–Kier alpha value is -3.32. The lowest BCUT2D eigenvalue weighted by atomic mass is 10.0. The van der Waals surface area contributed by atoms with Crippen molar-refractivity contribution in [2.24, 2.45) is 5.92 Å². The van der Waals surface area contributed by atoms with Crippen LogP contribution in [0.15, 0.2) is 54.2 Å². The van der Waals surface area contributed by atoms with E-state index in [1.807, 2.05) is 12.1 Å². The van der Waals surface area contributed by atoms with E-state index in [9.17, 15) is 9.59 Å². The van der Waals surface area contributed by atoms with Crippen molar-refractivity contribution in [3.8, 4) is 11.5 Å². The van der Waals surface area contributed by atoms with Crippen LogP contribution in [0.2, 0.25) is 0 Å². The Morgan fingerprint density at radius 1 is 0.903 bits per heavy atom. The molecule has 7 heteroatoms. The van der Waals surface area contributed by atoms with E-state index in [4.69, 9.17) is 14.2 Å². The predicted octanol–water partition coefficient (Wildman–Crippen LogP) is 3.57. The minimum Gasteiger partial charge on any atom is -0.497 e. The van der Waals surface area contributed by atoms with E-state index in [1.165, 1.54) is 12.0 Å². The zero-order valence-corrected chi connectivity index (χ0v) is 18.3. The number of carbonyl (C=O) groups excluding carboxylic acids is 2. The molecule has 0 unspecified atom stereocenters. The van der Waals surface area contributed by atoms with Crippen molar-refractivity contribution in [3.63, 3.8) is 0 Å². The summed E-state index contributed by atoms with van der Waals surface area (Å²) >= 11 is 0. The Labute approximate surface area is 182 Å². The van der Waals surface area contributed by atoms with Gasteiger partial charge in [-0.25, -0.2) is 0 Å². The third kappa shape index (κ3) is 5.24. The fourth-order valence-electron chi connectivity index (χ4n) is 3.14. The number of benzene rings is 2. The van der Waals surface area contributed by atoms with Gasteiger partial charge in [-0.05, 0) is 47.9 Å². The molecule has 0 bridgehead atoms. The molecule has 0 aromatic heterocycles. The van der Waals surface area contributed by atoms with E-state index in [1.54, 1.807) is 43.5 Å². The number of amides is 2. The number of ether oxygens (including phenoxy) is 3. The van der Waals surface area contributed by atoms with Crippen molar-refractivity contribution in [2.45, 2.75) is 13.8 Å². The maximum Gasteiger partial charge on any atom is 0.278 e. The summed E-state index contributed by atoms with van der Waals surface area (Å²) in [6.07, 6.45) is 0. The van der Waals surface area contributed by atoms with Crippen LogP contribution in [0, 0.1) is 5.92 Å². The molecule has 2 amide bonds. The highest BCUT2D eigenvalue weighted by Crippen LogP contribution is 2.31. The standard InChI is InChI=1S/C24H28N2O5/c1-16(2)15-31-20-9-5-17(6-10-20)21-22(24(28)26(23(21)27)13-14-29-3)25-18-7-11-19(30-4)12-8-18/h5-12,16,25H,13-15H2,1-4H3. The highest BCUT2D eigenvalue weighted by molar-refractivity contribution is 6.36. The van der Waals surface area contributed by atoms with Crippen LogP contribution >= 0.6 is 0 Å². The van der Waals surface area contributed by atoms with Crippen LogP contribution in [0.25, 0.3) is 5.57 Å². The Bertz CT molecular complexity index is 949. The van der Waals surface area contributed by atoms with Gasteiger partial charge in [0.25, 0.3) is 11.8 Å². The second-order valence-electron chi connectivity index (χ2n) is 7.59. The van der Waals surface area contributed by atoms with E-state index in [0.29, 0.717) is 35.1 Å². The topological polar surface area (TPSA) is 77.1 Å². The smallest absolute Gasteiger partial charge is 0.278 e. The lowest BCUT2D eigenvalue weighted by Gasteiger charge is -2.14. The van der Waals surface area contributed by atoms with E-state index in [0.717, 1.165) is 5.75 Å². The summed E-state index contributed by atoms with van der Waals surface area (Å²) in [6, 6.07) is 14.4. The van der Waals surface area contributed by atoms with Gasteiger partial charge in [0.2, 0.25) is 0 Å². The van der Waals surface area contributed by atoms with Crippen LogP contribution in [0.4, 0.5) is 5.69 Å². The SMILES string of the molecule is COCCN1C(=O)C(Nc2ccc(OC)cc2)=C(c2ccc(OCC(C)C)cc2)C1=O. The Morgan fingerprint density at radius 3 is 2.13 bits per heavy atom. The summed E-state index contributed by atoms with van der Waals surface area (Å²) in [7, 11) is 3.12. The number of methoxy groups -OCH3 is 2. The minimum absolute atomic E-state index is 0.182. The van der Waals surface area contributed by atoms with Crippen LogP contribution < -0.4 is 14.8 Å². The number of nitrogens with zero attached hydrogens (tertiary/aromatic N) is 1. The van der Waals surface area contributed by atoms with Crippen LogP contribution in [0.5, 0.6) is 11.5 Å². The molecule has 0 saturated heterocycles. The quantitative estimate of drug-likeness (QED) is 0.588.